The van der Waals surface area contributed by atoms with Gasteiger partial charge in [-0.25, -0.2) is 0 Å². The molecule has 88 valence electrons. The van der Waals surface area contributed by atoms with Crippen LogP contribution in [0, 0.1) is 13.8 Å². The zero-order valence-electron chi connectivity index (χ0n) is 9.34. The normalized spacial score (nSPS) is 14.5. The maximum atomic E-state index is 10.4. The molecule has 2 unspecified atom stereocenters. The van der Waals surface area contributed by atoms with E-state index in [0.717, 1.165) is 11.1 Å². The third-order valence-electron chi connectivity index (χ3n) is 2.62. The Morgan fingerprint density at radius 1 is 1.25 bits per heavy atom. The number of aryl methyl sites for hydroxylation is 2. The van der Waals surface area contributed by atoms with Gasteiger partial charge in [-0.15, -0.1) is 0 Å². The van der Waals surface area contributed by atoms with Crippen LogP contribution in [-0.4, -0.2) is 27.4 Å². The van der Waals surface area contributed by atoms with Crippen LogP contribution in [0.15, 0.2) is 18.2 Å². The fourth-order valence-corrected chi connectivity index (χ4v) is 1.46. The first-order chi connectivity index (χ1) is 7.41. The molecule has 0 bridgehead atoms. The predicted octanol–water partition coefficient (Wildman–Crippen LogP) is 1.17. The summed E-state index contributed by atoms with van der Waals surface area (Å²) in [6.07, 6.45) is -2.90. The molecule has 0 heterocycles. The Hall–Kier alpha value is -1.39. The smallest absolute Gasteiger partial charge is 0.306 e. The van der Waals surface area contributed by atoms with Crippen molar-refractivity contribution in [1.29, 1.82) is 0 Å². The quantitative estimate of drug-likeness (QED) is 0.717. The van der Waals surface area contributed by atoms with E-state index < -0.39 is 24.6 Å². The number of benzene rings is 1. The molecule has 4 heteroatoms. The van der Waals surface area contributed by atoms with E-state index in [1.807, 2.05) is 19.9 Å². The highest BCUT2D eigenvalue weighted by Crippen LogP contribution is 2.21. The van der Waals surface area contributed by atoms with Crippen LogP contribution < -0.4 is 0 Å². The number of aliphatic hydroxyl groups excluding tert-OH is 2. The van der Waals surface area contributed by atoms with Gasteiger partial charge in [0.2, 0.25) is 0 Å². The summed E-state index contributed by atoms with van der Waals surface area (Å²) in [5.41, 5.74) is 2.62. The van der Waals surface area contributed by atoms with Crippen molar-refractivity contribution in [3.63, 3.8) is 0 Å². The first-order valence-corrected chi connectivity index (χ1v) is 5.07. The van der Waals surface area contributed by atoms with E-state index in [-0.39, 0.29) is 0 Å². The Morgan fingerprint density at radius 3 is 2.38 bits per heavy atom. The number of carbonyl (C=O) groups is 1. The predicted molar refractivity (Wildman–Crippen MR) is 59.1 cm³/mol. The van der Waals surface area contributed by atoms with E-state index >= 15 is 0 Å². The van der Waals surface area contributed by atoms with Crippen molar-refractivity contribution < 1.29 is 20.1 Å². The molecule has 1 aromatic carbocycles. The van der Waals surface area contributed by atoms with Gasteiger partial charge >= 0.3 is 5.97 Å². The molecule has 16 heavy (non-hydrogen) atoms. The van der Waals surface area contributed by atoms with Gasteiger partial charge in [-0.3, -0.25) is 4.79 Å². The number of hydrogen-bond donors (Lipinski definition) is 3. The fraction of sp³-hybridized carbons (Fsp3) is 0.417. The standard InChI is InChI=1S/C12H16O4/c1-7-3-4-9(5-8(7)2)12(16)10(13)6-11(14)15/h3-5,10,12-13,16H,6H2,1-2H3,(H,14,15). The highest BCUT2D eigenvalue weighted by Gasteiger charge is 2.21. The largest absolute Gasteiger partial charge is 0.481 e. The lowest BCUT2D eigenvalue weighted by Gasteiger charge is -2.17. The Balaban J connectivity index is 2.83. The van der Waals surface area contributed by atoms with Crippen molar-refractivity contribution in [3.05, 3.63) is 34.9 Å². The van der Waals surface area contributed by atoms with Crippen LogP contribution in [0.4, 0.5) is 0 Å². The van der Waals surface area contributed by atoms with E-state index in [1.165, 1.54) is 0 Å². The van der Waals surface area contributed by atoms with E-state index in [0.29, 0.717) is 5.56 Å². The Bertz CT molecular complexity index is 387. The Kier molecular flexibility index (Phi) is 4.04. The van der Waals surface area contributed by atoms with Gasteiger partial charge in [0.15, 0.2) is 0 Å². The lowest BCUT2D eigenvalue weighted by atomic mass is 9.98. The molecule has 4 nitrogen and oxygen atoms in total. The molecule has 0 aliphatic carbocycles. The second kappa shape index (κ2) is 5.09. The van der Waals surface area contributed by atoms with Crippen molar-refractivity contribution in [2.75, 3.05) is 0 Å². The highest BCUT2D eigenvalue weighted by molar-refractivity contribution is 5.67. The molecule has 0 saturated carbocycles. The molecule has 0 aliphatic rings. The molecule has 3 N–H and O–H groups in total. The third-order valence-corrected chi connectivity index (χ3v) is 2.62. The summed E-state index contributed by atoms with van der Waals surface area (Å²) in [6, 6.07) is 5.28. The molecule has 0 spiro atoms. The number of carboxylic acid groups (broad SMARTS) is 1. The second-order valence-corrected chi connectivity index (χ2v) is 3.95. The van der Waals surface area contributed by atoms with Crippen LogP contribution >= 0.6 is 0 Å². The molecule has 2 atom stereocenters. The minimum atomic E-state index is -1.28. The SMILES string of the molecule is Cc1ccc(C(O)C(O)CC(=O)O)cc1C. The Morgan fingerprint density at radius 2 is 1.88 bits per heavy atom. The van der Waals surface area contributed by atoms with Crippen molar-refractivity contribution >= 4 is 5.97 Å². The zero-order chi connectivity index (χ0) is 12.3. The molecule has 1 rings (SSSR count). The maximum absolute atomic E-state index is 10.4. The van der Waals surface area contributed by atoms with Gasteiger partial charge in [-0.05, 0) is 30.5 Å². The molecular formula is C12H16O4. The van der Waals surface area contributed by atoms with Crippen LogP contribution in [-0.2, 0) is 4.79 Å². The molecule has 0 radical (unpaired) electrons. The van der Waals surface area contributed by atoms with Gasteiger partial charge in [0.05, 0.1) is 12.5 Å². The van der Waals surface area contributed by atoms with Crippen LogP contribution in [0.5, 0.6) is 0 Å². The first-order valence-electron chi connectivity index (χ1n) is 5.07. The Labute approximate surface area is 94.2 Å². The summed E-state index contributed by atoms with van der Waals surface area (Å²) >= 11 is 0. The molecule has 1 aromatic rings. The first kappa shape index (κ1) is 12.7. The molecular weight excluding hydrogens is 208 g/mol. The van der Waals surface area contributed by atoms with Crippen LogP contribution in [0.25, 0.3) is 0 Å². The summed E-state index contributed by atoms with van der Waals surface area (Å²) in [4.78, 5) is 10.4. The van der Waals surface area contributed by atoms with Gasteiger partial charge in [0.25, 0.3) is 0 Å². The van der Waals surface area contributed by atoms with Gasteiger partial charge in [-0.1, -0.05) is 18.2 Å². The summed E-state index contributed by atoms with van der Waals surface area (Å²) in [6.45, 7) is 3.84. The van der Waals surface area contributed by atoms with Crippen molar-refractivity contribution in [2.24, 2.45) is 0 Å². The van der Waals surface area contributed by atoms with E-state index in [1.54, 1.807) is 12.1 Å². The lowest BCUT2D eigenvalue weighted by Crippen LogP contribution is -2.21. The topological polar surface area (TPSA) is 77.8 Å². The third kappa shape index (κ3) is 3.05. The molecule has 0 fully saturated rings. The lowest BCUT2D eigenvalue weighted by molar-refractivity contribution is -0.141. The number of rotatable bonds is 4. The van der Waals surface area contributed by atoms with Gasteiger partial charge < -0.3 is 15.3 Å². The number of hydrogen-bond acceptors (Lipinski definition) is 3. The molecule has 0 saturated heterocycles. The average Bonchev–Trinajstić information content (AvgIpc) is 2.20. The zero-order valence-corrected chi connectivity index (χ0v) is 9.34. The van der Waals surface area contributed by atoms with E-state index in [9.17, 15) is 15.0 Å². The highest BCUT2D eigenvalue weighted by atomic mass is 16.4. The number of aliphatic carboxylic acids is 1. The number of carboxylic acids is 1. The van der Waals surface area contributed by atoms with Crippen LogP contribution in [0.2, 0.25) is 0 Å². The summed E-state index contributed by atoms with van der Waals surface area (Å²) < 4.78 is 0. The van der Waals surface area contributed by atoms with E-state index in [4.69, 9.17) is 5.11 Å². The van der Waals surface area contributed by atoms with Gasteiger partial charge in [0, 0.05) is 0 Å². The van der Waals surface area contributed by atoms with Gasteiger partial charge in [0.1, 0.15) is 6.10 Å². The fourth-order valence-electron chi connectivity index (χ4n) is 1.46. The summed E-state index contributed by atoms with van der Waals surface area (Å²) in [5, 5.41) is 27.7. The van der Waals surface area contributed by atoms with Gasteiger partial charge in [-0.2, -0.15) is 0 Å². The molecule has 0 amide bonds. The van der Waals surface area contributed by atoms with Crippen molar-refractivity contribution in [2.45, 2.75) is 32.5 Å². The minimum absolute atomic E-state index is 0.464. The summed E-state index contributed by atoms with van der Waals surface area (Å²) in [7, 11) is 0. The van der Waals surface area contributed by atoms with Crippen LogP contribution in [0.3, 0.4) is 0 Å². The maximum Gasteiger partial charge on any atom is 0.306 e. The summed E-state index contributed by atoms with van der Waals surface area (Å²) in [5.74, 6) is -1.13. The van der Waals surface area contributed by atoms with Crippen molar-refractivity contribution in [3.8, 4) is 0 Å². The average molecular weight is 224 g/mol. The van der Waals surface area contributed by atoms with Crippen molar-refractivity contribution in [1.82, 2.24) is 0 Å². The second-order valence-electron chi connectivity index (χ2n) is 3.95. The van der Waals surface area contributed by atoms with E-state index in [2.05, 4.69) is 0 Å². The number of aliphatic hydroxyl groups is 2. The van der Waals surface area contributed by atoms with Crippen LogP contribution in [0.1, 0.15) is 29.2 Å². The minimum Gasteiger partial charge on any atom is -0.481 e. The monoisotopic (exact) mass is 224 g/mol. The molecule has 0 aromatic heterocycles. The molecule has 0 aliphatic heterocycles.